The summed E-state index contributed by atoms with van der Waals surface area (Å²) in [5.74, 6) is 2.91. The summed E-state index contributed by atoms with van der Waals surface area (Å²) in [4.78, 5) is 0. The molecule has 0 amide bonds. The largest absolute Gasteiger partial charge is 0.507 e. The van der Waals surface area contributed by atoms with E-state index in [1.165, 1.54) is 0 Å². The second-order valence-electron chi connectivity index (χ2n) is 36.4. The molecule has 0 unspecified atom stereocenters. The highest BCUT2D eigenvalue weighted by Crippen LogP contribution is 2.46. The molecule has 132 heavy (non-hydrogen) atoms. The van der Waals surface area contributed by atoms with Crippen molar-refractivity contribution in [2.24, 2.45) is 17.8 Å². The van der Waals surface area contributed by atoms with Crippen LogP contribution < -0.4 is 0 Å². The van der Waals surface area contributed by atoms with Crippen molar-refractivity contribution in [3.63, 3.8) is 0 Å². The molecule has 0 bridgehead atoms. The summed E-state index contributed by atoms with van der Waals surface area (Å²) in [7, 11) is 9.67. The van der Waals surface area contributed by atoms with E-state index in [9.17, 15) is 40.9 Å². The summed E-state index contributed by atoms with van der Waals surface area (Å²) in [5.41, 5.74) is 18.1. The first kappa shape index (κ1) is 114. The maximum absolute atomic E-state index is 10.9. The van der Waals surface area contributed by atoms with E-state index >= 15 is 0 Å². The number of methoxy groups -OCH3 is 6. The molecule has 0 heterocycles. The van der Waals surface area contributed by atoms with Crippen LogP contribution in [0.1, 0.15) is 279 Å². The molecular formula is C108H160O24. The van der Waals surface area contributed by atoms with Crippen LogP contribution >= 0.6 is 0 Å². The van der Waals surface area contributed by atoms with Crippen molar-refractivity contribution in [1.29, 1.82) is 0 Å². The Hall–Kier alpha value is -8.48. The van der Waals surface area contributed by atoms with Crippen molar-refractivity contribution >= 4 is 0 Å². The summed E-state index contributed by atoms with van der Waals surface area (Å²) in [6.45, 7) is 53.9. The Morgan fingerprint density at radius 1 is 0.182 bits per heavy atom. The van der Waals surface area contributed by atoms with E-state index in [1.807, 2.05) is 146 Å². The fourth-order valence-electron chi connectivity index (χ4n) is 15.0. The van der Waals surface area contributed by atoms with Gasteiger partial charge in [-0.2, -0.15) is 0 Å². The van der Waals surface area contributed by atoms with Crippen molar-refractivity contribution in [1.82, 2.24) is 0 Å². The Bertz CT molecular complexity index is 4530. The third-order valence-corrected chi connectivity index (χ3v) is 23.1. The molecule has 0 aromatic heterocycles. The van der Waals surface area contributed by atoms with E-state index in [4.69, 9.17) is 75.8 Å². The van der Waals surface area contributed by atoms with Gasteiger partial charge in [0.2, 0.25) is 0 Å². The van der Waals surface area contributed by atoms with Crippen molar-refractivity contribution in [3.8, 4) is 46.0 Å². The van der Waals surface area contributed by atoms with Gasteiger partial charge in [0, 0.05) is 219 Å². The number of phenols is 8. The highest BCUT2D eigenvalue weighted by Gasteiger charge is 2.34. The van der Waals surface area contributed by atoms with Gasteiger partial charge in [-0.1, -0.05) is 96.9 Å². The number of phenolic OH excluding ortho intramolecular Hbond substituents is 8. The van der Waals surface area contributed by atoms with Crippen molar-refractivity contribution in [2.75, 3.05) is 109 Å². The molecule has 0 saturated carbocycles. The Labute approximate surface area is 788 Å². The number of benzene rings is 8. The lowest BCUT2D eigenvalue weighted by Crippen LogP contribution is -2.21. The topological polar surface area (TPSA) is 310 Å². The van der Waals surface area contributed by atoms with Gasteiger partial charge in [0.15, 0.2) is 0 Å². The van der Waals surface area contributed by atoms with Crippen LogP contribution in [0.2, 0.25) is 0 Å². The van der Waals surface area contributed by atoms with Gasteiger partial charge in [0.25, 0.3) is 0 Å². The maximum atomic E-state index is 10.9. The van der Waals surface area contributed by atoms with Gasteiger partial charge in [-0.15, -0.1) is 0 Å². The number of hydrogen-bond acceptors (Lipinski definition) is 24. The number of rotatable bonds is 53. The molecule has 0 aliphatic carbocycles. The lowest BCUT2D eigenvalue weighted by molar-refractivity contribution is 0.0950. The van der Waals surface area contributed by atoms with E-state index in [-0.39, 0.29) is 46.0 Å². The first-order chi connectivity index (χ1) is 62.7. The average molecular weight is 1840 g/mol. The minimum Gasteiger partial charge on any atom is -0.507 e. The van der Waals surface area contributed by atoms with Crippen molar-refractivity contribution in [2.45, 2.75) is 273 Å². The van der Waals surface area contributed by atoms with Crippen molar-refractivity contribution < 1.29 is 117 Å². The monoisotopic (exact) mass is 1840 g/mol. The van der Waals surface area contributed by atoms with Crippen molar-refractivity contribution in [3.05, 3.63) is 231 Å². The molecule has 24 nitrogen and oxygen atoms in total. The van der Waals surface area contributed by atoms with Gasteiger partial charge < -0.3 is 117 Å². The van der Waals surface area contributed by atoms with Crippen LogP contribution in [-0.4, -0.2) is 150 Å². The van der Waals surface area contributed by atoms with Crippen LogP contribution in [0.4, 0.5) is 0 Å². The van der Waals surface area contributed by atoms with Crippen LogP contribution in [0.3, 0.4) is 0 Å². The minimum absolute atomic E-state index is 0.196. The Morgan fingerprint density at radius 2 is 0.280 bits per heavy atom. The Kier molecular flexibility index (Phi) is 49.0. The molecule has 0 aliphatic heterocycles. The highest BCUT2D eigenvalue weighted by molar-refractivity contribution is 5.57. The van der Waals surface area contributed by atoms with Crippen LogP contribution in [0.15, 0.2) is 97.1 Å². The van der Waals surface area contributed by atoms with Gasteiger partial charge in [-0.3, -0.25) is 0 Å². The van der Waals surface area contributed by atoms with E-state index in [0.29, 0.717) is 206 Å². The second-order valence-corrected chi connectivity index (χ2v) is 36.4. The SMILES string of the molecule is CCOCc1cc(C(C)(C)c2cc(COCC)c(O)c(COCC)c2)cc(COC)c1O.CCOCc1cc(C(C)(C)c2cc(COCC)c(O)c(COCC)c2)cc(COCC)c1O.COCc1cc(C(C)(C)c2cc(COC)c(O)c(COCC(C)C)c2)cc(COC)c1O.COCc1cc(C(C)(C)c2cc(COC)c(O)c(COCC(C)C)c2)cc(COCC(C)C)c1O. The van der Waals surface area contributed by atoms with Crippen LogP contribution in [0.25, 0.3) is 0 Å². The van der Waals surface area contributed by atoms with Gasteiger partial charge in [-0.05, 0) is 208 Å². The summed E-state index contributed by atoms with van der Waals surface area (Å²) in [6, 6.07) is 31.8. The molecule has 8 aromatic rings. The molecule has 0 fully saturated rings. The number of ether oxygens (including phenoxy) is 16. The van der Waals surface area contributed by atoms with E-state index < -0.39 is 21.7 Å². The molecule has 8 aromatic carbocycles. The predicted octanol–water partition coefficient (Wildman–Crippen LogP) is 21.8. The molecule has 8 N–H and O–H groups in total. The molecule has 0 atom stereocenters. The number of hydrogen-bond donors (Lipinski definition) is 8. The predicted molar refractivity (Wildman–Crippen MR) is 518 cm³/mol. The zero-order valence-corrected chi connectivity index (χ0v) is 84.5. The average Bonchev–Trinajstić information content (AvgIpc) is 0.779. The van der Waals surface area contributed by atoms with Gasteiger partial charge in [-0.25, -0.2) is 0 Å². The Balaban J connectivity index is 0.000000312. The van der Waals surface area contributed by atoms with Crippen LogP contribution in [0, 0.1) is 17.8 Å². The summed E-state index contributed by atoms with van der Waals surface area (Å²) in [6.07, 6.45) is 0. The molecule has 0 spiro atoms. The summed E-state index contributed by atoms with van der Waals surface area (Å²) >= 11 is 0. The first-order valence-corrected chi connectivity index (χ1v) is 46.3. The normalized spacial score (nSPS) is 12.0. The molecule has 0 aliphatic rings. The molecule has 0 saturated heterocycles. The van der Waals surface area contributed by atoms with Crippen LogP contribution in [0.5, 0.6) is 46.0 Å². The third-order valence-electron chi connectivity index (χ3n) is 23.1. The Morgan fingerprint density at radius 3 is 0.371 bits per heavy atom. The lowest BCUT2D eigenvalue weighted by Gasteiger charge is -2.29. The van der Waals surface area contributed by atoms with E-state index in [1.54, 1.807) is 42.7 Å². The van der Waals surface area contributed by atoms with Gasteiger partial charge >= 0.3 is 0 Å². The van der Waals surface area contributed by atoms with E-state index in [0.717, 1.165) is 117 Å². The minimum atomic E-state index is -0.439. The smallest absolute Gasteiger partial charge is 0.126 e. The summed E-state index contributed by atoms with van der Waals surface area (Å²) in [5, 5.41) is 86.2. The fraction of sp³-hybridized carbons (Fsp3) is 0.556. The van der Waals surface area contributed by atoms with Gasteiger partial charge in [0.05, 0.1) is 106 Å². The lowest BCUT2D eigenvalue weighted by atomic mass is 9.76. The molecule has 8 rings (SSSR count). The quantitative estimate of drug-likeness (QED) is 0.0176. The number of aromatic hydroxyl groups is 8. The standard InChI is InChI=1S/C29H44O6.C27H40O6.2C26H38O6/c1-19(2)13-34-17-23-11-25(9-21(15-32-7)27(23)30)29(5,6)26-10-22(16-33-8)28(31)24(12-26)18-35-14-20(3)4;1-7-30-15-19-11-23(12-20(25(19)28)16-31-8-2)27(5,6)24-13-21(17-32-9-3)26(29)22(14-24)18-33-10-4;1-17(2)12-32-16-21-11-23(10-20(15-31-7)25(21)28)26(3,4)22-8-18(13-29-5)24(27)19(9-22)14-30-6;1-7-30-15-19-11-22(10-18(14-29-6)24(19)27)26(4,5)23-12-20(16-31-8-2)25(28)21(13-23)17-32-9-3/h9-12,19-20,30-31H,13-18H2,1-8H3;11-14,28-29H,7-10,15-18H2,1-6H3;8-11,17,27-28H,12-16H2,1-7H3;10-13,27-28H,7-9,14-17H2,1-6H3. The molecule has 0 radical (unpaired) electrons. The van der Waals surface area contributed by atoms with Crippen LogP contribution in [-0.2, 0) is 203 Å². The maximum Gasteiger partial charge on any atom is 0.126 e. The molecule has 24 heteroatoms. The zero-order valence-electron chi connectivity index (χ0n) is 84.5. The van der Waals surface area contributed by atoms with Gasteiger partial charge in [0.1, 0.15) is 46.0 Å². The molecular weight excluding hydrogens is 1680 g/mol. The van der Waals surface area contributed by atoms with E-state index in [2.05, 4.69) is 96.9 Å². The third kappa shape index (κ3) is 32.9. The highest BCUT2D eigenvalue weighted by atomic mass is 16.5. The molecule has 736 valence electrons. The fourth-order valence-corrected chi connectivity index (χ4v) is 15.0. The zero-order chi connectivity index (χ0) is 98.2. The first-order valence-electron chi connectivity index (χ1n) is 46.3. The second kappa shape index (κ2) is 56.8. The summed E-state index contributed by atoms with van der Waals surface area (Å²) < 4.78 is 88.7.